The molecule has 1 fully saturated rings. The van der Waals surface area contributed by atoms with E-state index in [1.54, 1.807) is 0 Å². The third-order valence-electron chi connectivity index (χ3n) is 3.32. The molecule has 0 aromatic carbocycles. The van der Waals surface area contributed by atoms with Crippen LogP contribution in [0.1, 0.15) is 71.6 Å². The SMILES string of the molecule is CCCCC1(CCC)[C]CCCC1. The Morgan fingerprint density at radius 2 is 1.92 bits per heavy atom. The van der Waals surface area contributed by atoms with Gasteiger partial charge in [0.25, 0.3) is 0 Å². The zero-order chi connectivity index (χ0) is 9.57. The van der Waals surface area contributed by atoms with E-state index in [0.29, 0.717) is 5.41 Å². The second-order valence-corrected chi connectivity index (χ2v) is 4.52. The fraction of sp³-hybridized carbons (Fsp3) is 0.923. The van der Waals surface area contributed by atoms with E-state index in [1.807, 2.05) is 0 Å². The first kappa shape index (κ1) is 11.1. The van der Waals surface area contributed by atoms with Gasteiger partial charge in [-0.3, -0.25) is 0 Å². The standard InChI is InChI=1S/C13H24/c1-3-5-10-13(9-4-2)11-7-6-8-12-13/h3-11H2,1-2H3. The molecule has 1 saturated carbocycles. The summed E-state index contributed by atoms with van der Waals surface area (Å²) in [5, 5.41) is 0. The number of rotatable bonds is 5. The van der Waals surface area contributed by atoms with Crippen LogP contribution in [0, 0.1) is 11.8 Å². The van der Waals surface area contributed by atoms with Gasteiger partial charge in [-0.15, -0.1) is 0 Å². The first-order chi connectivity index (χ1) is 6.33. The Bertz CT molecular complexity index is 114. The third-order valence-corrected chi connectivity index (χ3v) is 3.32. The monoisotopic (exact) mass is 180 g/mol. The Hall–Kier alpha value is 0. The van der Waals surface area contributed by atoms with Crippen molar-refractivity contribution in [2.75, 3.05) is 0 Å². The van der Waals surface area contributed by atoms with Crippen molar-refractivity contribution in [3.8, 4) is 0 Å². The van der Waals surface area contributed by atoms with E-state index >= 15 is 0 Å². The number of unbranched alkanes of at least 4 members (excludes halogenated alkanes) is 1. The van der Waals surface area contributed by atoms with Crippen LogP contribution < -0.4 is 0 Å². The molecule has 1 unspecified atom stereocenters. The lowest BCUT2D eigenvalue weighted by atomic mass is 9.68. The van der Waals surface area contributed by atoms with Gasteiger partial charge in [-0.1, -0.05) is 46.0 Å². The maximum atomic E-state index is 3.77. The molecular weight excluding hydrogens is 156 g/mol. The third kappa shape index (κ3) is 3.32. The Morgan fingerprint density at radius 1 is 1.08 bits per heavy atom. The topological polar surface area (TPSA) is 0 Å². The Balaban J connectivity index is 2.40. The fourth-order valence-electron chi connectivity index (χ4n) is 2.58. The predicted octanol–water partition coefficient (Wildman–Crippen LogP) is 4.62. The highest BCUT2D eigenvalue weighted by Crippen LogP contribution is 2.43. The highest BCUT2D eigenvalue weighted by Gasteiger charge is 2.30. The van der Waals surface area contributed by atoms with E-state index in [9.17, 15) is 0 Å². The Morgan fingerprint density at radius 3 is 2.46 bits per heavy atom. The van der Waals surface area contributed by atoms with Crippen LogP contribution in [0.15, 0.2) is 0 Å². The molecule has 0 aromatic heterocycles. The lowest BCUT2D eigenvalue weighted by molar-refractivity contribution is 0.218. The van der Waals surface area contributed by atoms with Crippen LogP contribution in [0.25, 0.3) is 0 Å². The van der Waals surface area contributed by atoms with Gasteiger partial charge < -0.3 is 0 Å². The van der Waals surface area contributed by atoms with Crippen molar-refractivity contribution in [1.82, 2.24) is 0 Å². The first-order valence-corrected chi connectivity index (χ1v) is 6.08. The van der Waals surface area contributed by atoms with Gasteiger partial charge in [0, 0.05) is 0 Å². The summed E-state index contributed by atoms with van der Waals surface area (Å²) in [7, 11) is 0. The van der Waals surface area contributed by atoms with Gasteiger partial charge in [0.1, 0.15) is 0 Å². The molecule has 0 aromatic rings. The smallest absolute Gasteiger partial charge is 0.0106 e. The molecule has 0 heteroatoms. The van der Waals surface area contributed by atoms with Crippen LogP contribution in [0.5, 0.6) is 0 Å². The van der Waals surface area contributed by atoms with Crippen LogP contribution in [0.2, 0.25) is 0 Å². The molecule has 1 atom stereocenters. The lowest BCUT2D eigenvalue weighted by Crippen LogP contribution is -2.24. The summed E-state index contributed by atoms with van der Waals surface area (Å²) < 4.78 is 0. The number of hydrogen-bond donors (Lipinski definition) is 0. The van der Waals surface area contributed by atoms with Crippen molar-refractivity contribution in [3.63, 3.8) is 0 Å². The van der Waals surface area contributed by atoms with Crippen molar-refractivity contribution in [1.29, 1.82) is 0 Å². The molecule has 0 heterocycles. The molecule has 0 amide bonds. The molecule has 0 aliphatic heterocycles. The summed E-state index contributed by atoms with van der Waals surface area (Å²) in [6.07, 6.45) is 16.1. The summed E-state index contributed by atoms with van der Waals surface area (Å²) >= 11 is 0. The molecule has 0 nitrogen and oxygen atoms in total. The highest BCUT2D eigenvalue weighted by molar-refractivity contribution is 4.94. The van der Waals surface area contributed by atoms with Crippen molar-refractivity contribution in [2.45, 2.75) is 71.6 Å². The summed E-state index contributed by atoms with van der Waals surface area (Å²) in [6, 6.07) is 0. The molecule has 1 rings (SSSR count). The zero-order valence-electron chi connectivity index (χ0n) is 9.36. The summed E-state index contributed by atoms with van der Waals surface area (Å²) in [4.78, 5) is 0. The number of hydrogen-bond acceptors (Lipinski definition) is 0. The van der Waals surface area contributed by atoms with Crippen LogP contribution in [-0.4, -0.2) is 0 Å². The minimum atomic E-state index is 0.531. The maximum Gasteiger partial charge on any atom is -0.0106 e. The van der Waals surface area contributed by atoms with E-state index in [-0.39, 0.29) is 0 Å². The lowest BCUT2D eigenvalue weighted by Gasteiger charge is -2.36. The average Bonchev–Trinajstić information content (AvgIpc) is 2.17. The quantitative estimate of drug-likeness (QED) is 0.579. The second-order valence-electron chi connectivity index (χ2n) is 4.52. The molecular formula is C13H24. The van der Waals surface area contributed by atoms with Gasteiger partial charge in [0.05, 0.1) is 0 Å². The predicted molar refractivity (Wildman–Crippen MR) is 58.6 cm³/mol. The van der Waals surface area contributed by atoms with E-state index < -0.39 is 0 Å². The minimum absolute atomic E-state index is 0.531. The molecule has 2 radical (unpaired) electrons. The molecule has 0 N–H and O–H groups in total. The molecule has 13 heavy (non-hydrogen) atoms. The van der Waals surface area contributed by atoms with Gasteiger partial charge in [-0.05, 0) is 37.5 Å². The first-order valence-electron chi connectivity index (χ1n) is 6.08. The van der Waals surface area contributed by atoms with Crippen molar-refractivity contribution in [3.05, 3.63) is 6.42 Å². The van der Waals surface area contributed by atoms with E-state index in [4.69, 9.17) is 0 Å². The van der Waals surface area contributed by atoms with Crippen molar-refractivity contribution < 1.29 is 0 Å². The van der Waals surface area contributed by atoms with Gasteiger partial charge in [-0.2, -0.15) is 0 Å². The largest absolute Gasteiger partial charge is 0.0654 e. The molecule has 0 spiro atoms. The maximum absolute atomic E-state index is 3.77. The molecule has 0 saturated heterocycles. The summed E-state index contributed by atoms with van der Waals surface area (Å²) in [5.41, 5.74) is 0.531. The van der Waals surface area contributed by atoms with Crippen LogP contribution in [0.4, 0.5) is 0 Å². The van der Waals surface area contributed by atoms with Crippen LogP contribution in [0.3, 0.4) is 0 Å². The normalized spacial score (nSPS) is 21.7. The van der Waals surface area contributed by atoms with Crippen molar-refractivity contribution >= 4 is 0 Å². The molecule has 1 aliphatic rings. The minimum Gasteiger partial charge on any atom is -0.0654 e. The second kappa shape index (κ2) is 5.67. The van der Waals surface area contributed by atoms with E-state index in [0.717, 1.165) is 0 Å². The molecule has 0 bridgehead atoms. The summed E-state index contributed by atoms with van der Waals surface area (Å²) in [5.74, 6) is 0. The van der Waals surface area contributed by atoms with Crippen LogP contribution in [-0.2, 0) is 0 Å². The Labute approximate surface area is 84.1 Å². The van der Waals surface area contributed by atoms with Crippen molar-refractivity contribution in [2.24, 2.45) is 5.41 Å². The summed E-state index contributed by atoms with van der Waals surface area (Å²) in [6.45, 7) is 4.60. The van der Waals surface area contributed by atoms with Gasteiger partial charge in [0.2, 0.25) is 0 Å². The zero-order valence-corrected chi connectivity index (χ0v) is 9.36. The highest BCUT2D eigenvalue weighted by atomic mass is 14.3. The molecule has 1 aliphatic carbocycles. The van der Waals surface area contributed by atoms with Gasteiger partial charge >= 0.3 is 0 Å². The van der Waals surface area contributed by atoms with Gasteiger partial charge in [0.15, 0.2) is 0 Å². The Kier molecular flexibility index (Phi) is 4.83. The fourth-order valence-corrected chi connectivity index (χ4v) is 2.58. The van der Waals surface area contributed by atoms with E-state index in [2.05, 4.69) is 20.3 Å². The van der Waals surface area contributed by atoms with Gasteiger partial charge in [-0.25, -0.2) is 0 Å². The van der Waals surface area contributed by atoms with Crippen LogP contribution >= 0.6 is 0 Å². The van der Waals surface area contributed by atoms with E-state index in [1.165, 1.54) is 57.8 Å². The average molecular weight is 180 g/mol. The molecule has 76 valence electrons.